The van der Waals surface area contributed by atoms with Gasteiger partial charge in [0.05, 0.1) is 17.1 Å². The number of benzene rings is 3. The van der Waals surface area contributed by atoms with Gasteiger partial charge in [-0.3, -0.25) is 9.59 Å². The summed E-state index contributed by atoms with van der Waals surface area (Å²) in [5, 5.41) is 5.37. The number of nitrogens with zero attached hydrogens (tertiary/aromatic N) is 2. The maximum Gasteiger partial charge on any atom is 0.272 e. The average molecular weight is 385 g/mol. The molecule has 0 fully saturated rings. The van der Waals surface area contributed by atoms with E-state index in [1.54, 1.807) is 29.7 Å². The van der Waals surface area contributed by atoms with Crippen molar-refractivity contribution in [2.24, 2.45) is 0 Å². The molecule has 4 aromatic rings. The van der Waals surface area contributed by atoms with E-state index in [9.17, 15) is 9.59 Å². The Hall–Kier alpha value is -3.47. The molecule has 29 heavy (non-hydrogen) atoms. The van der Waals surface area contributed by atoms with Crippen LogP contribution in [0.4, 0.5) is 0 Å². The van der Waals surface area contributed by atoms with E-state index in [-0.39, 0.29) is 17.5 Å². The van der Waals surface area contributed by atoms with Gasteiger partial charge in [0.25, 0.3) is 11.5 Å². The van der Waals surface area contributed by atoms with Crippen LogP contribution in [-0.2, 0) is 6.54 Å². The lowest BCUT2D eigenvalue weighted by Gasteiger charge is -2.17. The molecule has 5 nitrogen and oxygen atoms in total. The van der Waals surface area contributed by atoms with Crippen LogP contribution in [0, 0.1) is 6.92 Å². The van der Waals surface area contributed by atoms with Crippen molar-refractivity contribution in [3.63, 3.8) is 0 Å². The van der Waals surface area contributed by atoms with Crippen molar-refractivity contribution in [1.82, 2.24) is 14.9 Å². The summed E-state index contributed by atoms with van der Waals surface area (Å²) in [6.07, 6.45) is 0. The Morgan fingerprint density at radius 2 is 1.86 bits per heavy atom. The molecule has 1 amide bonds. The predicted octanol–water partition coefficient (Wildman–Crippen LogP) is 4.37. The zero-order valence-corrected chi connectivity index (χ0v) is 16.8. The molecule has 1 unspecified atom stereocenters. The lowest BCUT2D eigenvalue weighted by Crippen LogP contribution is -2.27. The van der Waals surface area contributed by atoms with Crippen LogP contribution in [0.15, 0.2) is 65.5 Å². The van der Waals surface area contributed by atoms with Crippen LogP contribution in [-0.4, -0.2) is 15.5 Å². The molecule has 0 saturated heterocycles. The van der Waals surface area contributed by atoms with Gasteiger partial charge >= 0.3 is 0 Å². The molecule has 0 bridgehead atoms. The molecule has 1 N–H and O–H groups in total. The van der Waals surface area contributed by atoms with E-state index in [0.717, 1.165) is 21.9 Å². The Labute approximate surface area is 169 Å². The Morgan fingerprint density at radius 3 is 2.66 bits per heavy atom. The number of rotatable bonds is 4. The number of fused-ring (bicyclic) bond motifs is 2. The fourth-order valence-electron chi connectivity index (χ4n) is 3.82. The third-order valence-corrected chi connectivity index (χ3v) is 5.32. The van der Waals surface area contributed by atoms with E-state index in [2.05, 4.69) is 28.5 Å². The van der Waals surface area contributed by atoms with E-state index >= 15 is 0 Å². The van der Waals surface area contributed by atoms with Crippen LogP contribution in [0.5, 0.6) is 0 Å². The summed E-state index contributed by atoms with van der Waals surface area (Å²) in [6, 6.07) is 19.4. The molecule has 0 aliphatic carbocycles. The van der Waals surface area contributed by atoms with Gasteiger partial charge < -0.3 is 9.88 Å². The van der Waals surface area contributed by atoms with E-state index < -0.39 is 0 Å². The van der Waals surface area contributed by atoms with Crippen molar-refractivity contribution in [1.29, 1.82) is 0 Å². The van der Waals surface area contributed by atoms with Crippen LogP contribution in [0.2, 0.25) is 0 Å². The second-order valence-electron chi connectivity index (χ2n) is 7.21. The minimum atomic E-state index is -0.166. The standard InChI is InChI=1S/C24H23N3O2/c1-4-27-22-13-12-18(14-21(22)25-16(3)24(27)29)23(28)26-15(2)19-11-7-9-17-8-5-6-10-20(17)19/h5-15H,4H2,1-3H3,(H,26,28). The first-order chi connectivity index (χ1) is 14.0. The van der Waals surface area contributed by atoms with Crippen LogP contribution >= 0.6 is 0 Å². The quantitative estimate of drug-likeness (QED) is 0.567. The fraction of sp³-hybridized carbons (Fsp3) is 0.208. The van der Waals surface area contributed by atoms with Gasteiger partial charge in [-0.05, 0) is 55.3 Å². The SMILES string of the molecule is CCn1c(=O)c(C)nc2cc(C(=O)NC(C)c3cccc4ccccc34)ccc21. The Bertz CT molecular complexity index is 1290. The number of nitrogens with one attached hydrogen (secondary N) is 1. The number of aryl methyl sites for hydroxylation is 2. The van der Waals surface area contributed by atoms with Gasteiger partial charge in [-0.2, -0.15) is 0 Å². The number of carbonyl (C=O) groups is 1. The van der Waals surface area contributed by atoms with E-state index in [1.807, 2.05) is 38.1 Å². The second kappa shape index (κ2) is 7.51. The first kappa shape index (κ1) is 18.9. The van der Waals surface area contributed by atoms with Gasteiger partial charge in [0.2, 0.25) is 0 Å². The maximum atomic E-state index is 12.9. The molecule has 146 valence electrons. The van der Waals surface area contributed by atoms with Gasteiger partial charge in [0, 0.05) is 12.1 Å². The lowest BCUT2D eigenvalue weighted by molar-refractivity contribution is 0.0940. The summed E-state index contributed by atoms with van der Waals surface area (Å²) < 4.78 is 1.68. The van der Waals surface area contributed by atoms with Crippen molar-refractivity contribution in [2.45, 2.75) is 33.4 Å². The highest BCUT2D eigenvalue weighted by Crippen LogP contribution is 2.24. The second-order valence-corrected chi connectivity index (χ2v) is 7.21. The van der Waals surface area contributed by atoms with Gasteiger partial charge in [-0.25, -0.2) is 4.98 Å². The summed E-state index contributed by atoms with van der Waals surface area (Å²) in [7, 11) is 0. The van der Waals surface area contributed by atoms with Crippen LogP contribution in [0.25, 0.3) is 21.8 Å². The Morgan fingerprint density at radius 1 is 1.10 bits per heavy atom. The highest BCUT2D eigenvalue weighted by atomic mass is 16.1. The number of amides is 1. The number of hydrogen-bond donors (Lipinski definition) is 1. The van der Waals surface area contributed by atoms with Crippen molar-refractivity contribution in [2.75, 3.05) is 0 Å². The highest BCUT2D eigenvalue weighted by molar-refractivity contribution is 5.98. The Balaban J connectivity index is 1.67. The molecule has 3 aromatic carbocycles. The van der Waals surface area contributed by atoms with Gasteiger partial charge in [-0.15, -0.1) is 0 Å². The van der Waals surface area contributed by atoms with E-state index in [0.29, 0.717) is 23.3 Å². The molecule has 0 spiro atoms. The van der Waals surface area contributed by atoms with Crippen LogP contribution in [0.3, 0.4) is 0 Å². The molecule has 5 heteroatoms. The van der Waals surface area contributed by atoms with E-state index in [1.165, 1.54) is 0 Å². The first-order valence-electron chi connectivity index (χ1n) is 9.79. The molecule has 0 aliphatic heterocycles. The zero-order valence-electron chi connectivity index (χ0n) is 16.8. The van der Waals surface area contributed by atoms with E-state index in [4.69, 9.17) is 0 Å². The average Bonchev–Trinajstić information content (AvgIpc) is 2.73. The third kappa shape index (κ3) is 3.40. The molecular weight excluding hydrogens is 362 g/mol. The number of aromatic nitrogens is 2. The van der Waals surface area contributed by atoms with Crippen LogP contribution in [0.1, 0.15) is 41.5 Å². The van der Waals surface area contributed by atoms with Crippen molar-refractivity contribution >= 4 is 27.7 Å². The minimum absolute atomic E-state index is 0.0956. The summed E-state index contributed by atoms with van der Waals surface area (Å²) in [4.78, 5) is 29.6. The monoisotopic (exact) mass is 385 g/mol. The summed E-state index contributed by atoms with van der Waals surface area (Å²) in [5.41, 5.74) is 3.32. The van der Waals surface area contributed by atoms with Gasteiger partial charge in [0.15, 0.2) is 0 Å². The topological polar surface area (TPSA) is 64.0 Å². The molecule has 0 radical (unpaired) electrons. The normalized spacial score (nSPS) is 12.2. The number of hydrogen-bond acceptors (Lipinski definition) is 3. The Kier molecular flexibility index (Phi) is 4.89. The summed E-state index contributed by atoms with van der Waals surface area (Å²) in [5.74, 6) is -0.166. The largest absolute Gasteiger partial charge is 0.345 e. The molecular formula is C24H23N3O2. The lowest BCUT2D eigenvalue weighted by atomic mass is 9.99. The van der Waals surface area contributed by atoms with Crippen molar-refractivity contribution in [3.05, 3.63) is 87.8 Å². The molecule has 1 heterocycles. The maximum absolute atomic E-state index is 12.9. The van der Waals surface area contributed by atoms with Crippen LogP contribution < -0.4 is 10.9 Å². The van der Waals surface area contributed by atoms with Gasteiger partial charge in [-0.1, -0.05) is 42.5 Å². The zero-order chi connectivity index (χ0) is 20.5. The third-order valence-electron chi connectivity index (χ3n) is 5.32. The molecule has 0 saturated carbocycles. The van der Waals surface area contributed by atoms with Gasteiger partial charge in [0.1, 0.15) is 5.69 Å². The highest BCUT2D eigenvalue weighted by Gasteiger charge is 2.15. The van der Waals surface area contributed by atoms with Crippen molar-refractivity contribution < 1.29 is 4.79 Å². The first-order valence-corrected chi connectivity index (χ1v) is 9.79. The van der Waals surface area contributed by atoms with Crippen molar-refractivity contribution in [3.8, 4) is 0 Å². The smallest absolute Gasteiger partial charge is 0.272 e. The predicted molar refractivity (Wildman–Crippen MR) is 116 cm³/mol. The summed E-state index contributed by atoms with van der Waals surface area (Å²) in [6.45, 7) is 6.16. The molecule has 0 aliphatic rings. The number of carbonyl (C=O) groups excluding carboxylic acids is 1. The molecule has 4 rings (SSSR count). The molecule has 1 atom stereocenters. The minimum Gasteiger partial charge on any atom is -0.345 e. The fourth-order valence-corrected chi connectivity index (χ4v) is 3.82. The summed E-state index contributed by atoms with van der Waals surface area (Å²) >= 11 is 0. The molecule has 1 aromatic heterocycles.